The van der Waals surface area contributed by atoms with E-state index in [1.54, 1.807) is 0 Å². The molecule has 1 aromatic rings. The molecule has 1 aromatic carbocycles. The number of hydrogen-bond acceptors (Lipinski definition) is 3. The second-order valence-electron chi connectivity index (χ2n) is 4.22. The minimum atomic E-state index is -0.271. The van der Waals surface area contributed by atoms with Gasteiger partial charge in [0.05, 0.1) is 7.11 Å². The van der Waals surface area contributed by atoms with Crippen LogP contribution in [-0.4, -0.2) is 19.1 Å². The van der Waals surface area contributed by atoms with Crippen LogP contribution in [0, 0.1) is 5.92 Å². The number of esters is 1. The van der Waals surface area contributed by atoms with E-state index in [9.17, 15) is 4.79 Å². The fourth-order valence-corrected chi connectivity index (χ4v) is 1.56. The zero-order chi connectivity index (χ0) is 12.0. The van der Waals surface area contributed by atoms with Crippen molar-refractivity contribution in [3.8, 4) is 0 Å². The third-order valence-corrected chi connectivity index (χ3v) is 2.31. The van der Waals surface area contributed by atoms with Gasteiger partial charge in [-0.1, -0.05) is 32.0 Å². The first kappa shape index (κ1) is 12.6. The molecule has 0 saturated carbocycles. The highest BCUT2D eigenvalue weighted by atomic mass is 16.5. The summed E-state index contributed by atoms with van der Waals surface area (Å²) in [7, 11) is 1.42. The number of ether oxygens (including phenoxy) is 1. The van der Waals surface area contributed by atoms with Crippen LogP contribution in [0.15, 0.2) is 30.3 Å². The lowest BCUT2D eigenvalue weighted by atomic mass is 10.0. The fourth-order valence-electron chi connectivity index (χ4n) is 1.56. The molecule has 0 aliphatic carbocycles. The van der Waals surface area contributed by atoms with Gasteiger partial charge >= 0.3 is 5.97 Å². The van der Waals surface area contributed by atoms with Gasteiger partial charge in [-0.25, -0.2) is 4.79 Å². The van der Waals surface area contributed by atoms with Gasteiger partial charge in [-0.15, -0.1) is 0 Å². The third kappa shape index (κ3) is 3.93. The summed E-state index contributed by atoms with van der Waals surface area (Å²) in [6, 6.07) is 9.43. The minimum absolute atomic E-state index is 0.211. The summed E-state index contributed by atoms with van der Waals surface area (Å²) in [5.74, 6) is 0.234. The van der Waals surface area contributed by atoms with Crippen molar-refractivity contribution in [2.24, 2.45) is 5.92 Å². The van der Waals surface area contributed by atoms with E-state index in [2.05, 4.69) is 19.2 Å². The Bertz CT molecular complexity index is 322. The Hall–Kier alpha value is -1.51. The smallest absolute Gasteiger partial charge is 0.328 e. The van der Waals surface area contributed by atoms with Crippen LogP contribution >= 0.6 is 0 Å². The number of methoxy groups -OCH3 is 1. The minimum Gasteiger partial charge on any atom is -0.467 e. The highest BCUT2D eigenvalue weighted by Gasteiger charge is 2.19. The molecule has 0 amide bonds. The van der Waals surface area contributed by atoms with Crippen molar-refractivity contribution in [2.45, 2.75) is 26.3 Å². The van der Waals surface area contributed by atoms with Gasteiger partial charge in [-0.3, -0.25) is 0 Å². The molecule has 1 rings (SSSR count). The highest BCUT2D eigenvalue weighted by molar-refractivity contribution is 5.79. The van der Waals surface area contributed by atoms with E-state index >= 15 is 0 Å². The Labute approximate surface area is 96.8 Å². The average molecular weight is 221 g/mol. The van der Waals surface area contributed by atoms with Crippen molar-refractivity contribution in [2.75, 3.05) is 12.4 Å². The lowest BCUT2D eigenvalue weighted by Gasteiger charge is -2.19. The summed E-state index contributed by atoms with van der Waals surface area (Å²) < 4.78 is 4.78. The second-order valence-corrected chi connectivity index (χ2v) is 4.22. The lowest BCUT2D eigenvalue weighted by molar-refractivity contribution is -0.141. The van der Waals surface area contributed by atoms with Crippen LogP contribution < -0.4 is 5.32 Å². The molecule has 3 nitrogen and oxygen atoms in total. The summed E-state index contributed by atoms with van der Waals surface area (Å²) in [5.41, 5.74) is 0.943. The van der Waals surface area contributed by atoms with Gasteiger partial charge in [0.15, 0.2) is 0 Å². The number of benzene rings is 1. The quantitative estimate of drug-likeness (QED) is 0.777. The van der Waals surface area contributed by atoms with Gasteiger partial charge in [-0.2, -0.15) is 0 Å². The van der Waals surface area contributed by atoms with Gasteiger partial charge in [0.25, 0.3) is 0 Å². The molecule has 1 unspecified atom stereocenters. The van der Waals surface area contributed by atoms with Crippen LogP contribution in [0.5, 0.6) is 0 Å². The molecule has 0 aliphatic rings. The number of carbonyl (C=O) groups excluding carboxylic acids is 1. The average Bonchev–Trinajstić information content (AvgIpc) is 2.28. The van der Waals surface area contributed by atoms with Crippen molar-refractivity contribution < 1.29 is 9.53 Å². The number of anilines is 1. The Morgan fingerprint density at radius 1 is 1.31 bits per heavy atom. The van der Waals surface area contributed by atoms with Crippen LogP contribution in [0.1, 0.15) is 20.3 Å². The van der Waals surface area contributed by atoms with Gasteiger partial charge in [0.2, 0.25) is 0 Å². The molecule has 0 aromatic heterocycles. The first-order valence-corrected chi connectivity index (χ1v) is 5.53. The van der Waals surface area contributed by atoms with Crippen molar-refractivity contribution >= 4 is 11.7 Å². The van der Waals surface area contributed by atoms with Gasteiger partial charge in [0.1, 0.15) is 6.04 Å². The Morgan fingerprint density at radius 3 is 2.44 bits per heavy atom. The van der Waals surface area contributed by atoms with Crippen LogP contribution in [0.25, 0.3) is 0 Å². The van der Waals surface area contributed by atoms with Crippen LogP contribution in [0.4, 0.5) is 5.69 Å². The first-order chi connectivity index (χ1) is 7.63. The topological polar surface area (TPSA) is 38.3 Å². The molecule has 3 heteroatoms. The maximum Gasteiger partial charge on any atom is 0.328 e. The molecule has 0 radical (unpaired) electrons. The summed E-state index contributed by atoms with van der Waals surface area (Å²) in [4.78, 5) is 11.6. The molecule has 1 atom stereocenters. The van der Waals surface area contributed by atoms with E-state index in [-0.39, 0.29) is 12.0 Å². The molecule has 1 N–H and O–H groups in total. The first-order valence-electron chi connectivity index (χ1n) is 5.53. The maximum atomic E-state index is 11.6. The predicted octanol–water partition coefficient (Wildman–Crippen LogP) is 2.69. The number of carbonyl (C=O) groups is 1. The summed E-state index contributed by atoms with van der Waals surface area (Å²) >= 11 is 0. The number of para-hydroxylation sites is 1. The fraction of sp³-hybridized carbons (Fsp3) is 0.462. The zero-order valence-corrected chi connectivity index (χ0v) is 10.1. The molecule has 0 fully saturated rings. The van der Waals surface area contributed by atoms with Crippen molar-refractivity contribution in [3.63, 3.8) is 0 Å². The normalized spacial score (nSPS) is 12.2. The predicted molar refractivity (Wildman–Crippen MR) is 65.3 cm³/mol. The third-order valence-electron chi connectivity index (χ3n) is 2.31. The van der Waals surface area contributed by atoms with Gasteiger partial charge in [0, 0.05) is 5.69 Å². The standard InChI is InChI=1S/C13H19NO2/c1-10(2)9-12(13(15)16-3)14-11-7-5-4-6-8-11/h4-8,10,12,14H,9H2,1-3H3. The van der Waals surface area contributed by atoms with Crippen LogP contribution in [-0.2, 0) is 9.53 Å². The summed E-state index contributed by atoms with van der Waals surface area (Å²) in [5, 5.41) is 3.19. The van der Waals surface area contributed by atoms with Crippen LogP contribution in [0.2, 0.25) is 0 Å². The summed E-state index contributed by atoms with van der Waals surface area (Å²) in [6.07, 6.45) is 0.765. The van der Waals surface area contributed by atoms with Crippen LogP contribution in [0.3, 0.4) is 0 Å². The largest absolute Gasteiger partial charge is 0.467 e. The van der Waals surface area contributed by atoms with Crippen molar-refractivity contribution in [1.29, 1.82) is 0 Å². The highest BCUT2D eigenvalue weighted by Crippen LogP contribution is 2.13. The molecule has 0 aliphatic heterocycles. The molecular formula is C13H19NO2. The van der Waals surface area contributed by atoms with E-state index in [1.807, 2.05) is 30.3 Å². The monoisotopic (exact) mass is 221 g/mol. The SMILES string of the molecule is COC(=O)C(CC(C)C)Nc1ccccc1. The molecule has 0 saturated heterocycles. The van der Waals surface area contributed by atoms with E-state index in [0.717, 1.165) is 12.1 Å². The van der Waals surface area contributed by atoms with Gasteiger partial charge < -0.3 is 10.1 Å². The van der Waals surface area contributed by atoms with Crippen molar-refractivity contribution in [3.05, 3.63) is 30.3 Å². The molecule has 88 valence electrons. The lowest BCUT2D eigenvalue weighted by Crippen LogP contribution is -2.32. The second kappa shape index (κ2) is 6.16. The zero-order valence-electron chi connectivity index (χ0n) is 10.1. The molecule has 0 bridgehead atoms. The Kier molecular flexibility index (Phi) is 4.83. The number of rotatable bonds is 5. The maximum absolute atomic E-state index is 11.6. The molecule has 0 spiro atoms. The Balaban J connectivity index is 2.67. The Morgan fingerprint density at radius 2 is 1.94 bits per heavy atom. The van der Waals surface area contributed by atoms with Crippen molar-refractivity contribution in [1.82, 2.24) is 0 Å². The van der Waals surface area contributed by atoms with E-state index in [4.69, 9.17) is 4.74 Å². The van der Waals surface area contributed by atoms with E-state index in [1.165, 1.54) is 7.11 Å². The summed E-state index contributed by atoms with van der Waals surface area (Å²) in [6.45, 7) is 4.17. The van der Waals surface area contributed by atoms with Gasteiger partial charge in [-0.05, 0) is 24.5 Å². The van der Waals surface area contributed by atoms with E-state index in [0.29, 0.717) is 5.92 Å². The molecule has 0 heterocycles. The number of nitrogens with one attached hydrogen (secondary N) is 1. The molecular weight excluding hydrogens is 202 g/mol. The number of hydrogen-bond donors (Lipinski definition) is 1. The van der Waals surface area contributed by atoms with E-state index < -0.39 is 0 Å². The molecule has 16 heavy (non-hydrogen) atoms.